The molecule has 1 aliphatic heterocycles. The van der Waals surface area contributed by atoms with Crippen LogP contribution in [-0.4, -0.2) is 17.0 Å². The van der Waals surface area contributed by atoms with Gasteiger partial charge in [0.25, 0.3) is 0 Å². The number of halogens is 1. The van der Waals surface area contributed by atoms with E-state index in [-0.39, 0.29) is 6.10 Å². The minimum absolute atomic E-state index is 0.258. The number of terminal acetylenes is 1. The van der Waals surface area contributed by atoms with Gasteiger partial charge in [-0.1, -0.05) is 47.0 Å². The summed E-state index contributed by atoms with van der Waals surface area (Å²) in [5.74, 6) is 2.52. The SMILES string of the molecule is C#CC=CC[C@@H]1CCCC=C[C@H](Br)[C@H](CC)O1. The smallest absolute Gasteiger partial charge is 0.0736 e. The number of alkyl halides is 1. The highest BCUT2D eigenvalue weighted by Crippen LogP contribution is 2.22. The first-order valence-electron chi connectivity index (χ1n) is 6.35. The van der Waals surface area contributed by atoms with Crippen LogP contribution in [0.4, 0.5) is 0 Å². The summed E-state index contributed by atoms with van der Waals surface area (Å²) in [6.45, 7) is 2.17. The van der Waals surface area contributed by atoms with Crippen LogP contribution in [0.5, 0.6) is 0 Å². The van der Waals surface area contributed by atoms with Gasteiger partial charge in [0.05, 0.1) is 17.0 Å². The molecule has 0 unspecified atom stereocenters. The number of ether oxygens (including phenoxy) is 1. The van der Waals surface area contributed by atoms with Gasteiger partial charge in [-0.3, -0.25) is 0 Å². The van der Waals surface area contributed by atoms with E-state index in [2.05, 4.69) is 40.9 Å². The maximum atomic E-state index is 6.16. The van der Waals surface area contributed by atoms with Crippen molar-refractivity contribution in [3.63, 3.8) is 0 Å². The number of allylic oxidation sites excluding steroid dienone is 2. The average molecular weight is 297 g/mol. The largest absolute Gasteiger partial charge is 0.373 e. The molecular formula is C15H21BrO. The molecule has 1 rings (SSSR count). The normalized spacial score (nSPS) is 30.5. The van der Waals surface area contributed by atoms with Crippen molar-refractivity contribution in [1.82, 2.24) is 0 Å². The van der Waals surface area contributed by atoms with Crippen LogP contribution in [0.2, 0.25) is 0 Å². The third kappa shape index (κ3) is 5.57. The van der Waals surface area contributed by atoms with Gasteiger partial charge in [-0.15, -0.1) is 6.42 Å². The average Bonchev–Trinajstić information content (AvgIpc) is 2.41. The highest BCUT2D eigenvalue weighted by Gasteiger charge is 2.20. The number of hydrogen-bond donors (Lipinski definition) is 0. The molecule has 1 heterocycles. The maximum Gasteiger partial charge on any atom is 0.0736 e. The second-order valence-corrected chi connectivity index (χ2v) is 5.37. The Morgan fingerprint density at radius 3 is 3.12 bits per heavy atom. The fraction of sp³-hybridized carbons (Fsp3) is 0.600. The summed E-state index contributed by atoms with van der Waals surface area (Å²) in [5.41, 5.74) is 0. The molecule has 0 saturated carbocycles. The van der Waals surface area contributed by atoms with Gasteiger partial charge in [0.15, 0.2) is 0 Å². The monoisotopic (exact) mass is 296 g/mol. The van der Waals surface area contributed by atoms with Gasteiger partial charge < -0.3 is 4.74 Å². The van der Waals surface area contributed by atoms with E-state index in [1.165, 1.54) is 6.42 Å². The third-order valence-corrected chi connectivity index (χ3v) is 3.85. The molecule has 0 bridgehead atoms. The lowest BCUT2D eigenvalue weighted by Crippen LogP contribution is -2.27. The van der Waals surface area contributed by atoms with Crippen molar-refractivity contribution in [3.05, 3.63) is 24.3 Å². The molecule has 0 spiro atoms. The molecule has 3 atom stereocenters. The Morgan fingerprint density at radius 1 is 1.59 bits per heavy atom. The van der Waals surface area contributed by atoms with E-state index in [0.29, 0.717) is 10.9 Å². The predicted molar refractivity (Wildman–Crippen MR) is 77.2 cm³/mol. The lowest BCUT2D eigenvalue weighted by molar-refractivity contribution is -0.0109. The van der Waals surface area contributed by atoms with Crippen molar-refractivity contribution in [2.24, 2.45) is 0 Å². The molecule has 2 heteroatoms. The van der Waals surface area contributed by atoms with E-state index in [0.717, 1.165) is 25.7 Å². The van der Waals surface area contributed by atoms with Crippen molar-refractivity contribution in [1.29, 1.82) is 0 Å². The van der Waals surface area contributed by atoms with Crippen molar-refractivity contribution in [2.75, 3.05) is 0 Å². The molecule has 0 radical (unpaired) electrons. The van der Waals surface area contributed by atoms with Crippen LogP contribution >= 0.6 is 15.9 Å². The molecule has 0 fully saturated rings. The van der Waals surface area contributed by atoms with E-state index in [4.69, 9.17) is 11.2 Å². The van der Waals surface area contributed by atoms with E-state index in [1.54, 1.807) is 6.08 Å². The Morgan fingerprint density at radius 2 is 2.41 bits per heavy atom. The van der Waals surface area contributed by atoms with Crippen molar-refractivity contribution in [2.45, 2.75) is 56.1 Å². The highest BCUT2D eigenvalue weighted by atomic mass is 79.9. The van der Waals surface area contributed by atoms with Crippen LogP contribution in [0.25, 0.3) is 0 Å². The molecule has 0 aliphatic carbocycles. The van der Waals surface area contributed by atoms with Crippen molar-refractivity contribution in [3.8, 4) is 12.3 Å². The zero-order valence-corrected chi connectivity index (χ0v) is 12.0. The van der Waals surface area contributed by atoms with Crippen LogP contribution in [-0.2, 0) is 4.74 Å². The third-order valence-electron chi connectivity index (χ3n) is 2.95. The summed E-state index contributed by atoms with van der Waals surface area (Å²) >= 11 is 3.68. The Labute approximate surface area is 113 Å². The molecule has 1 aliphatic rings. The summed E-state index contributed by atoms with van der Waals surface area (Å²) in [7, 11) is 0. The summed E-state index contributed by atoms with van der Waals surface area (Å²) in [6.07, 6.45) is 19.4. The Kier molecular flexibility index (Phi) is 7.32. The van der Waals surface area contributed by atoms with Gasteiger partial charge in [-0.25, -0.2) is 0 Å². The van der Waals surface area contributed by atoms with Crippen LogP contribution in [0.1, 0.15) is 39.0 Å². The van der Waals surface area contributed by atoms with E-state index < -0.39 is 0 Å². The summed E-state index contributed by atoms with van der Waals surface area (Å²) < 4.78 is 6.16. The molecule has 0 aromatic carbocycles. The fourth-order valence-corrected chi connectivity index (χ4v) is 2.70. The van der Waals surface area contributed by atoms with Gasteiger partial charge in [0, 0.05) is 0 Å². The van der Waals surface area contributed by atoms with Crippen molar-refractivity contribution < 1.29 is 4.74 Å². The molecule has 17 heavy (non-hydrogen) atoms. The maximum absolute atomic E-state index is 6.16. The molecule has 1 nitrogen and oxygen atoms in total. The molecule has 0 saturated heterocycles. The van der Waals surface area contributed by atoms with Crippen molar-refractivity contribution >= 4 is 15.9 Å². The van der Waals surface area contributed by atoms with Crippen LogP contribution in [0.3, 0.4) is 0 Å². The standard InChI is InChI=1S/C15H21BrO/c1-3-5-7-10-13-11-8-6-9-12-14(16)15(4-2)17-13/h1,5,7,9,12-15H,4,6,8,10-11H2,2H3/t13-,14+,15+/m1/s1. The summed E-state index contributed by atoms with van der Waals surface area (Å²) in [5, 5.41) is 0. The number of rotatable bonds is 3. The second kappa shape index (κ2) is 8.55. The summed E-state index contributed by atoms with van der Waals surface area (Å²) in [6, 6.07) is 0. The lowest BCUT2D eigenvalue weighted by Gasteiger charge is -2.25. The van der Waals surface area contributed by atoms with Gasteiger partial charge in [-0.2, -0.15) is 0 Å². The van der Waals surface area contributed by atoms with Gasteiger partial charge in [0.2, 0.25) is 0 Å². The quantitative estimate of drug-likeness (QED) is 0.430. The Bertz CT molecular complexity index is 301. The first-order valence-corrected chi connectivity index (χ1v) is 7.26. The topological polar surface area (TPSA) is 9.23 Å². The van der Waals surface area contributed by atoms with Gasteiger partial charge in [-0.05, 0) is 38.2 Å². The van der Waals surface area contributed by atoms with E-state index in [1.807, 2.05) is 6.08 Å². The molecule has 94 valence electrons. The zero-order chi connectivity index (χ0) is 12.5. The lowest BCUT2D eigenvalue weighted by atomic mass is 10.1. The number of hydrogen-bond acceptors (Lipinski definition) is 1. The summed E-state index contributed by atoms with van der Waals surface area (Å²) in [4.78, 5) is 0.324. The minimum Gasteiger partial charge on any atom is -0.373 e. The van der Waals surface area contributed by atoms with Crippen LogP contribution < -0.4 is 0 Å². The highest BCUT2D eigenvalue weighted by molar-refractivity contribution is 9.09. The van der Waals surface area contributed by atoms with E-state index >= 15 is 0 Å². The molecule has 0 aromatic heterocycles. The first-order chi connectivity index (χ1) is 8.27. The molecule has 0 amide bonds. The molecular weight excluding hydrogens is 276 g/mol. The molecule has 0 N–H and O–H groups in total. The van der Waals surface area contributed by atoms with Crippen LogP contribution in [0, 0.1) is 12.3 Å². The van der Waals surface area contributed by atoms with Crippen LogP contribution in [0.15, 0.2) is 24.3 Å². The fourth-order valence-electron chi connectivity index (χ4n) is 1.99. The minimum atomic E-state index is 0.258. The van der Waals surface area contributed by atoms with Gasteiger partial charge >= 0.3 is 0 Å². The molecule has 0 aromatic rings. The first kappa shape index (κ1) is 14.5. The Balaban J connectivity index is 2.59. The second-order valence-electron chi connectivity index (χ2n) is 4.31. The van der Waals surface area contributed by atoms with Gasteiger partial charge in [0.1, 0.15) is 0 Å². The van der Waals surface area contributed by atoms with E-state index in [9.17, 15) is 0 Å². The Hall–Kier alpha value is -0.520. The predicted octanol–water partition coefficient (Wildman–Crippen LogP) is 4.23. The zero-order valence-electron chi connectivity index (χ0n) is 10.4.